The van der Waals surface area contributed by atoms with E-state index in [1.807, 2.05) is 30.3 Å². The molecule has 2 rings (SSSR count). The van der Waals surface area contributed by atoms with Crippen molar-refractivity contribution < 1.29 is 36.1 Å². The Labute approximate surface area is 122 Å². The molecule has 19 heavy (non-hydrogen) atoms. The van der Waals surface area contributed by atoms with Crippen LogP contribution >= 0.6 is 0 Å². The molecule has 0 unspecified atom stereocenters. The molecule has 0 heterocycles. The summed E-state index contributed by atoms with van der Waals surface area (Å²) in [6.45, 7) is 0. The summed E-state index contributed by atoms with van der Waals surface area (Å²) in [5, 5.41) is 0. The van der Waals surface area contributed by atoms with Gasteiger partial charge in [-0.15, -0.1) is 6.07 Å². The van der Waals surface area contributed by atoms with Crippen LogP contribution in [0, 0.1) is 0 Å². The Kier molecular flexibility index (Phi) is 8.25. The van der Waals surface area contributed by atoms with Gasteiger partial charge in [-0.05, 0) is 5.56 Å². The Bertz CT molecular complexity index is 438. The summed E-state index contributed by atoms with van der Waals surface area (Å²) in [7, 11) is 2.52. The van der Waals surface area contributed by atoms with Crippen LogP contribution in [0.1, 0.15) is 20.7 Å². The molecule has 0 radical (unpaired) electrons. The number of hydrogen-bond acceptors (Lipinski definition) is 4. The largest absolute Gasteiger partial charge is 0.748 e. The number of hydrogen-bond donors (Lipinski definition) is 0. The molecule has 2 aromatic rings. The molecule has 0 aliphatic rings. The maximum Gasteiger partial charge on any atom is 0.294 e. The quantitative estimate of drug-likeness (QED) is 0.485. The molecular formula is C14H14FeO4-6. The topological polar surface area (TPSA) is 52.6 Å². The van der Waals surface area contributed by atoms with E-state index >= 15 is 0 Å². The minimum atomic E-state index is -0.537. The van der Waals surface area contributed by atoms with Gasteiger partial charge >= 0.3 is 0 Å². The standard InChI is InChI=1S/C9H9O4.C5H5.Fe/c1-12-8(10)6-4-3-5-7(6)9(11)13-2;1-2-4-5-3-1;/h3-5H,1-2H3;1-5H;/q-1;-5;. The Hall–Kier alpha value is -1.84. The first-order valence-electron chi connectivity index (χ1n) is 5.29. The summed E-state index contributed by atoms with van der Waals surface area (Å²) >= 11 is 0. The SMILES string of the molecule is COC(=O)c1ccc[c-]1C(=O)OC.[Fe].[cH-]1[cH-][cH-][cH-][cH-]1. The Balaban J connectivity index is 0.000000454. The van der Waals surface area contributed by atoms with Gasteiger partial charge in [0.1, 0.15) is 0 Å². The van der Waals surface area contributed by atoms with Gasteiger partial charge < -0.3 is 44.6 Å². The van der Waals surface area contributed by atoms with E-state index in [9.17, 15) is 9.59 Å². The second-order valence-electron chi connectivity index (χ2n) is 3.30. The van der Waals surface area contributed by atoms with Crippen molar-refractivity contribution in [2.24, 2.45) is 0 Å². The Morgan fingerprint density at radius 3 is 2.00 bits per heavy atom. The fourth-order valence-electron chi connectivity index (χ4n) is 1.32. The molecule has 4 nitrogen and oxygen atoms in total. The average molecular weight is 302 g/mol. The summed E-state index contributed by atoms with van der Waals surface area (Å²) in [6, 6.07) is 14.6. The van der Waals surface area contributed by atoms with Crippen LogP contribution in [0.4, 0.5) is 0 Å². The minimum absolute atomic E-state index is 0. The molecule has 5 heteroatoms. The zero-order chi connectivity index (χ0) is 13.4. The van der Waals surface area contributed by atoms with Gasteiger partial charge in [-0.25, -0.2) is 0 Å². The third-order valence-electron chi connectivity index (χ3n) is 2.18. The monoisotopic (exact) mass is 302 g/mol. The van der Waals surface area contributed by atoms with Crippen LogP contribution in [0.25, 0.3) is 0 Å². The van der Waals surface area contributed by atoms with E-state index < -0.39 is 11.9 Å². The molecule has 0 amide bonds. The molecule has 0 aliphatic heterocycles. The van der Waals surface area contributed by atoms with E-state index in [0.29, 0.717) is 0 Å². The summed E-state index contributed by atoms with van der Waals surface area (Å²) in [5.74, 6) is -1.07. The van der Waals surface area contributed by atoms with Gasteiger partial charge in [0.05, 0.1) is 14.2 Å². The smallest absolute Gasteiger partial charge is 0.294 e. The number of ether oxygens (including phenoxy) is 2. The zero-order valence-electron chi connectivity index (χ0n) is 10.6. The van der Waals surface area contributed by atoms with Crippen LogP contribution < -0.4 is 0 Å². The Morgan fingerprint density at radius 1 is 1.05 bits per heavy atom. The summed E-state index contributed by atoms with van der Waals surface area (Å²) in [5.41, 5.74) is 0.462. The maximum atomic E-state index is 11.1. The first kappa shape index (κ1) is 17.2. The van der Waals surface area contributed by atoms with E-state index in [-0.39, 0.29) is 28.2 Å². The number of carbonyl (C=O) groups excluding carboxylic acids is 2. The third kappa shape index (κ3) is 5.12. The van der Waals surface area contributed by atoms with Crippen LogP contribution in [0.3, 0.4) is 0 Å². The Morgan fingerprint density at radius 2 is 1.58 bits per heavy atom. The van der Waals surface area contributed by atoms with Gasteiger partial charge in [0.2, 0.25) is 5.97 Å². The van der Waals surface area contributed by atoms with Crippen LogP contribution in [0.15, 0.2) is 48.5 Å². The van der Waals surface area contributed by atoms with Crippen LogP contribution in [0.5, 0.6) is 0 Å². The predicted molar refractivity (Wildman–Crippen MR) is 66.7 cm³/mol. The van der Waals surface area contributed by atoms with E-state index in [1.165, 1.54) is 26.4 Å². The van der Waals surface area contributed by atoms with Crippen molar-refractivity contribution in [2.45, 2.75) is 0 Å². The predicted octanol–water partition coefficient (Wildman–Crippen LogP) is 2.38. The van der Waals surface area contributed by atoms with E-state index in [4.69, 9.17) is 0 Å². The van der Waals surface area contributed by atoms with E-state index in [2.05, 4.69) is 9.47 Å². The van der Waals surface area contributed by atoms with Crippen molar-refractivity contribution in [3.8, 4) is 0 Å². The van der Waals surface area contributed by atoms with Gasteiger partial charge in [-0.2, -0.15) is 12.1 Å². The minimum Gasteiger partial charge on any atom is -0.748 e. The summed E-state index contributed by atoms with van der Waals surface area (Å²) in [4.78, 5) is 22.2. The molecule has 0 aromatic heterocycles. The summed E-state index contributed by atoms with van der Waals surface area (Å²) in [6.07, 6.45) is 0. The van der Waals surface area contributed by atoms with Crippen LogP contribution in [0.2, 0.25) is 0 Å². The molecule has 0 saturated heterocycles. The van der Waals surface area contributed by atoms with Gasteiger partial charge in [0.25, 0.3) is 5.97 Å². The number of methoxy groups -OCH3 is 2. The second kappa shape index (κ2) is 9.14. The van der Waals surface area contributed by atoms with Crippen LogP contribution in [-0.2, 0) is 26.5 Å². The van der Waals surface area contributed by atoms with Gasteiger partial charge in [0, 0.05) is 17.1 Å². The first-order valence-corrected chi connectivity index (χ1v) is 5.29. The zero-order valence-corrected chi connectivity index (χ0v) is 11.7. The van der Waals surface area contributed by atoms with Crippen molar-refractivity contribution >= 4 is 11.9 Å². The van der Waals surface area contributed by atoms with Gasteiger partial charge in [-0.3, -0.25) is 4.79 Å². The third-order valence-corrected chi connectivity index (χ3v) is 2.18. The van der Waals surface area contributed by atoms with Crippen molar-refractivity contribution in [3.05, 3.63) is 59.7 Å². The molecule has 0 atom stereocenters. The fraction of sp³-hybridized carbons (Fsp3) is 0.143. The number of esters is 2. The van der Waals surface area contributed by atoms with E-state index in [1.54, 1.807) is 6.07 Å². The average Bonchev–Trinajstić information content (AvgIpc) is 3.09. The fourth-order valence-corrected chi connectivity index (χ4v) is 1.32. The molecule has 0 N–H and O–H groups in total. The van der Waals surface area contributed by atoms with Crippen LogP contribution in [-0.4, -0.2) is 26.2 Å². The van der Waals surface area contributed by atoms with Crippen molar-refractivity contribution in [1.29, 1.82) is 0 Å². The van der Waals surface area contributed by atoms with Crippen molar-refractivity contribution in [1.82, 2.24) is 0 Å². The first-order chi connectivity index (χ1) is 8.70. The van der Waals surface area contributed by atoms with Gasteiger partial charge in [0.15, 0.2) is 0 Å². The number of rotatable bonds is 2. The molecule has 108 valence electrons. The molecular weight excluding hydrogens is 288 g/mol. The normalized spacial score (nSPS) is 8.53. The number of carbonyl (C=O) groups is 2. The molecule has 0 saturated carbocycles. The molecule has 0 spiro atoms. The van der Waals surface area contributed by atoms with E-state index in [0.717, 1.165) is 0 Å². The molecule has 2 aromatic carbocycles. The van der Waals surface area contributed by atoms with Crippen molar-refractivity contribution in [2.75, 3.05) is 14.2 Å². The molecule has 0 fully saturated rings. The maximum absolute atomic E-state index is 11.1. The van der Waals surface area contributed by atoms with Gasteiger partial charge in [-0.1, -0.05) is 5.56 Å². The molecule has 0 bridgehead atoms. The van der Waals surface area contributed by atoms with Crippen molar-refractivity contribution in [3.63, 3.8) is 0 Å². The molecule has 0 aliphatic carbocycles. The second-order valence-corrected chi connectivity index (χ2v) is 3.30. The summed E-state index contributed by atoms with van der Waals surface area (Å²) < 4.78 is 8.97.